The SMILES string of the molecule is CCS(=O)(=O)[C@@H](Cl)C(=O)C1CC1. The average molecular weight is 211 g/mol. The Kier molecular flexibility index (Phi) is 2.78. The van der Waals surface area contributed by atoms with E-state index in [1.165, 1.54) is 6.92 Å². The maximum Gasteiger partial charge on any atom is 0.193 e. The molecule has 3 nitrogen and oxygen atoms in total. The molecule has 0 heterocycles. The zero-order chi connectivity index (χ0) is 9.35. The average Bonchev–Trinajstić information content (AvgIpc) is 2.84. The molecule has 1 saturated carbocycles. The zero-order valence-corrected chi connectivity index (χ0v) is 8.36. The van der Waals surface area contributed by atoms with Gasteiger partial charge in [0.25, 0.3) is 0 Å². The van der Waals surface area contributed by atoms with Gasteiger partial charge < -0.3 is 0 Å². The molecule has 0 unspecified atom stereocenters. The molecule has 0 spiro atoms. The fourth-order valence-corrected chi connectivity index (χ4v) is 2.27. The second-order valence-corrected chi connectivity index (χ2v) is 6.01. The molecule has 0 aromatic carbocycles. The smallest absolute Gasteiger partial charge is 0.193 e. The highest BCUT2D eigenvalue weighted by Crippen LogP contribution is 2.33. The lowest BCUT2D eigenvalue weighted by molar-refractivity contribution is -0.118. The fraction of sp³-hybridized carbons (Fsp3) is 0.857. The third-order valence-electron chi connectivity index (χ3n) is 1.92. The summed E-state index contributed by atoms with van der Waals surface area (Å²) in [6.07, 6.45) is 1.59. The van der Waals surface area contributed by atoms with E-state index in [0.717, 1.165) is 12.8 Å². The van der Waals surface area contributed by atoms with Crippen LogP contribution >= 0.6 is 11.6 Å². The maximum absolute atomic E-state index is 11.2. The van der Waals surface area contributed by atoms with E-state index >= 15 is 0 Å². The molecule has 1 rings (SSSR count). The molecule has 70 valence electrons. The van der Waals surface area contributed by atoms with Crippen molar-refractivity contribution >= 4 is 27.2 Å². The molecule has 1 aliphatic carbocycles. The molecule has 0 bridgehead atoms. The van der Waals surface area contributed by atoms with Crippen molar-refractivity contribution in [3.8, 4) is 0 Å². The van der Waals surface area contributed by atoms with Crippen LogP contribution in [0.1, 0.15) is 19.8 Å². The first-order chi connectivity index (χ1) is 5.49. The van der Waals surface area contributed by atoms with E-state index in [-0.39, 0.29) is 17.5 Å². The van der Waals surface area contributed by atoms with Gasteiger partial charge in [-0.2, -0.15) is 0 Å². The third kappa shape index (κ3) is 1.98. The predicted octanol–water partition coefficient (Wildman–Crippen LogP) is 0.965. The van der Waals surface area contributed by atoms with Crippen molar-refractivity contribution in [2.24, 2.45) is 5.92 Å². The Morgan fingerprint density at radius 2 is 2.08 bits per heavy atom. The summed E-state index contributed by atoms with van der Waals surface area (Å²) < 4.78 is 20.9. The Morgan fingerprint density at radius 3 is 2.42 bits per heavy atom. The summed E-state index contributed by atoms with van der Waals surface area (Å²) in [7, 11) is -3.39. The number of hydrogen-bond acceptors (Lipinski definition) is 3. The van der Waals surface area contributed by atoms with Gasteiger partial charge in [0.15, 0.2) is 20.3 Å². The van der Waals surface area contributed by atoms with Crippen molar-refractivity contribution in [2.75, 3.05) is 5.75 Å². The lowest BCUT2D eigenvalue weighted by Crippen LogP contribution is -2.27. The van der Waals surface area contributed by atoms with Crippen LogP contribution in [-0.4, -0.2) is 24.7 Å². The number of halogens is 1. The van der Waals surface area contributed by atoms with E-state index in [2.05, 4.69) is 0 Å². The number of alkyl halides is 1. The van der Waals surface area contributed by atoms with E-state index in [1.54, 1.807) is 0 Å². The van der Waals surface area contributed by atoms with E-state index in [9.17, 15) is 13.2 Å². The van der Waals surface area contributed by atoms with Crippen LogP contribution in [0.2, 0.25) is 0 Å². The van der Waals surface area contributed by atoms with Gasteiger partial charge in [-0.1, -0.05) is 18.5 Å². The molecule has 1 atom stereocenters. The van der Waals surface area contributed by atoms with Gasteiger partial charge in [-0.25, -0.2) is 8.42 Å². The molecule has 0 radical (unpaired) electrons. The number of rotatable bonds is 4. The van der Waals surface area contributed by atoms with Gasteiger partial charge in [0, 0.05) is 11.7 Å². The van der Waals surface area contributed by atoms with Crippen molar-refractivity contribution in [3.05, 3.63) is 0 Å². The highest BCUT2D eigenvalue weighted by molar-refractivity contribution is 7.94. The van der Waals surface area contributed by atoms with Crippen molar-refractivity contribution < 1.29 is 13.2 Å². The molecular formula is C7H11ClO3S. The Labute approximate surface area is 77.0 Å². The van der Waals surface area contributed by atoms with Crippen LogP contribution in [0.15, 0.2) is 0 Å². The van der Waals surface area contributed by atoms with Crippen LogP contribution in [0.3, 0.4) is 0 Å². The lowest BCUT2D eigenvalue weighted by atomic mass is 10.3. The minimum Gasteiger partial charge on any atom is -0.297 e. The highest BCUT2D eigenvalue weighted by Gasteiger charge is 2.39. The normalized spacial score (nSPS) is 20.5. The second-order valence-electron chi connectivity index (χ2n) is 2.94. The molecule has 1 aliphatic rings. The largest absolute Gasteiger partial charge is 0.297 e. The Bertz CT molecular complexity index is 279. The number of hydrogen-bond donors (Lipinski definition) is 0. The van der Waals surface area contributed by atoms with Gasteiger partial charge in [-0.3, -0.25) is 4.79 Å². The first-order valence-corrected chi connectivity index (χ1v) is 6.03. The third-order valence-corrected chi connectivity index (χ3v) is 4.62. The van der Waals surface area contributed by atoms with Crippen LogP contribution in [0.5, 0.6) is 0 Å². The Hall–Kier alpha value is -0.0900. The van der Waals surface area contributed by atoms with Gasteiger partial charge in [-0.15, -0.1) is 0 Å². The predicted molar refractivity (Wildman–Crippen MR) is 46.8 cm³/mol. The lowest BCUT2D eigenvalue weighted by Gasteiger charge is -2.06. The molecule has 0 N–H and O–H groups in total. The van der Waals surface area contributed by atoms with Crippen molar-refractivity contribution in [2.45, 2.75) is 24.5 Å². The van der Waals surface area contributed by atoms with Crippen LogP contribution in [0.4, 0.5) is 0 Å². The molecule has 12 heavy (non-hydrogen) atoms. The molecule has 0 amide bonds. The molecule has 0 aromatic rings. The van der Waals surface area contributed by atoms with Gasteiger partial charge in [0.2, 0.25) is 0 Å². The van der Waals surface area contributed by atoms with E-state index < -0.39 is 14.5 Å². The Balaban J connectivity index is 2.69. The second kappa shape index (κ2) is 3.34. The summed E-state index contributed by atoms with van der Waals surface area (Å²) in [6.45, 7) is 1.49. The monoisotopic (exact) mass is 210 g/mol. The van der Waals surface area contributed by atoms with Crippen LogP contribution in [-0.2, 0) is 14.6 Å². The Morgan fingerprint density at radius 1 is 1.58 bits per heavy atom. The van der Waals surface area contributed by atoms with Gasteiger partial charge in [-0.05, 0) is 12.8 Å². The summed E-state index contributed by atoms with van der Waals surface area (Å²) >= 11 is 5.52. The summed E-state index contributed by atoms with van der Waals surface area (Å²) in [5.74, 6) is -0.480. The van der Waals surface area contributed by atoms with Gasteiger partial charge >= 0.3 is 0 Å². The quantitative estimate of drug-likeness (QED) is 0.650. The number of carbonyl (C=O) groups excluding carboxylic acids is 1. The van der Waals surface area contributed by atoms with Crippen molar-refractivity contribution in [1.82, 2.24) is 0 Å². The molecular weight excluding hydrogens is 200 g/mol. The molecule has 0 saturated heterocycles. The van der Waals surface area contributed by atoms with E-state index in [4.69, 9.17) is 11.6 Å². The minimum absolute atomic E-state index is 0.0698. The number of sulfone groups is 1. The van der Waals surface area contributed by atoms with Crippen LogP contribution < -0.4 is 0 Å². The molecule has 0 aromatic heterocycles. The number of carbonyl (C=O) groups is 1. The summed E-state index contributed by atoms with van der Waals surface area (Å²) in [6, 6.07) is 0. The van der Waals surface area contributed by atoms with Gasteiger partial charge in [0.05, 0.1) is 0 Å². The number of ketones is 1. The maximum atomic E-state index is 11.2. The van der Waals surface area contributed by atoms with Crippen molar-refractivity contribution in [3.63, 3.8) is 0 Å². The standard InChI is InChI=1S/C7H11ClO3S/c1-2-12(10,11)7(8)6(9)5-3-4-5/h5,7H,2-4H2,1H3/t7-/m1/s1. The van der Waals surface area contributed by atoms with Gasteiger partial charge in [0.1, 0.15) is 0 Å². The highest BCUT2D eigenvalue weighted by atomic mass is 35.5. The topological polar surface area (TPSA) is 51.2 Å². The summed E-state index contributed by atoms with van der Waals surface area (Å²) in [5, 5.41) is 0. The molecule has 5 heteroatoms. The first-order valence-electron chi connectivity index (χ1n) is 3.88. The molecule has 0 aliphatic heterocycles. The number of Topliss-reactive ketones (excluding diaryl/α,β-unsaturated/α-hetero) is 1. The first kappa shape index (κ1) is 9.99. The van der Waals surface area contributed by atoms with Crippen LogP contribution in [0.25, 0.3) is 0 Å². The summed E-state index contributed by atoms with van der Waals surface area (Å²) in [5.41, 5.74) is 0. The fourth-order valence-electron chi connectivity index (χ4n) is 0.876. The molecule has 1 fully saturated rings. The zero-order valence-electron chi connectivity index (χ0n) is 6.79. The summed E-state index contributed by atoms with van der Waals surface area (Å²) in [4.78, 5) is 11.2. The van der Waals surface area contributed by atoms with E-state index in [1.807, 2.05) is 0 Å². The van der Waals surface area contributed by atoms with Crippen molar-refractivity contribution in [1.29, 1.82) is 0 Å². The van der Waals surface area contributed by atoms with E-state index in [0.29, 0.717) is 0 Å². The minimum atomic E-state index is -3.39. The van der Waals surface area contributed by atoms with Crippen LogP contribution in [0, 0.1) is 5.92 Å².